The van der Waals surface area contributed by atoms with Crippen LogP contribution in [-0.2, 0) is 9.53 Å². The Kier molecular flexibility index (Phi) is 7.86. The minimum atomic E-state index is -1.25. The summed E-state index contributed by atoms with van der Waals surface area (Å²) < 4.78 is 17.2. The van der Waals surface area contributed by atoms with Crippen molar-refractivity contribution in [3.05, 3.63) is 72.3 Å². The average molecular weight is 440 g/mol. The molecule has 170 valence electrons. The number of hydrazine groups is 1. The number of ether oxygens (including phenoxy) is 3. The van der Waals surface area contributed by atoms with E-state index < -0.39 is 11.6 Å². The lowest BCUT2D eigenvalue weighted by Gasteiger charge is -2.29. The van der Waals surface area contributed by atoms with E-state index in [1.54, 1.807) is 32.4 Å². The number of aliphatic hydroxyl groups is 1. The first-order valence-electron chi connectivity index (χ1n) is 10.4. The van der Waals surface area contributed by atoms with Crippen LogP contribution in [0.2, 0.25) is 0 Å². The molecule has 8 heteroatoms. The summed E-state index contributed by atoms with van der Waals surface area (Å²) in [5, 5.41) is 8.90. The molecule has 3 rings (SSSR count). The highest BCUT2D eigenvalue weighted by Crippen LogP contribution is 2.43. The van der Waals surface area contributed by atoms with Crippen molar-refractivity contribution in [3.8, 4) is 11.5 Å². The largest absolute Gasteiger partial charge is 0.497 e. The minimum absolute atomic E-state index is 0.0778. The Balaban J connectivity index is 1.98. The predicted molar refractivity (Wildman–Crippen MR) is 122 cm³/mol. The minimum Gasteiger partial charge on any atom is -0.497 e. The van der Waals surface area contributed by atoms with E-state index in [2.05, 4.69) is 17.4 Å². The number of nitrogens with one attached hydrogen (secondary N) is 2. The third-order valence-corrected chi connectivity index (χ3v) is 5.12. The maximum Gasteiger partial charge on any atom is 0.266 e. The lowest BCUT2D eigenvalue weighted by Crippen LogP contribution is -2.51. The number of carbonyl (C=O) groups excluding carboxylic acids is 1. The molecule has 1 heterocycles. The van der Waals surface area contributed by atoms with Crippen LogP contribution in [0.25, 0.3) is 0 Å². The molecule has 2 atom stereocenters. The molecule has 8 nitrogen and oxygen atoms in total. The maximum absolute atomic E-state index is 13.2. The summed E-state index contributed by atoms with van der Waals surface area (Å²) in [7, 11) is 3.21. The molecule has 1 aliphatic heterocycles. The van der Waals surface area contributed by atoms with E-state index in [0.29, 0.717) is 30.4 Å². The highest BCUT2D eigenvalue weighted by atomic mass is 16.5. The number of methoxy groups -OCH3 is 1. The van der Waals surface area contributed by atoms with Crippen LogP contribution in [-0.4, -0.2) is 49.8 Å². The van der Waals surface area contributed by atoms with Gasteiger partial charge in [0.15, 0.2) is 11.6 Å². The first-order valence-corrected chi connectivity index (χ1v) is 10.4. The summed E-state index contributed by atoms with van der Waals surface area (Å²) in [5.41, 5.74) is 5.58. The maximum atomic E-state index is 13.2. The first-order chi connectivity index (χ1) is 15.6. The van der Waals surface area contributed by atoms with Gasteiger partial charge in [0, 0.05) is 32.1 Å². The van der Waals surface area contributed by atoms with Crippen molar-refractivity contribution in [2.45, 2.75) is 24.5 Å². The molecule has 0 bridgehead atoms. The molecule has 32 heavy (non-hydrogen) atoms. The van der Waals surface area contributed by atoms with Crippen molar-refractivity contribution in [1.82, 2.24) is 10.9 Å². The van der Waals surface area contributed by atoms with Crippen molar-refractivity contribution >= 4 is 11.8 Å². The van der Waals surface area contributed by atoms with Gasteiger partial charge < -0.3 is 19.3 Å². The molecule has 0 radical (unpaired) electrons. The normalized spacial score (nSPS) is 19.6. The van der Waals surface area contributed by atoms with Crippen LogP contribution in [0.1, 0.15) is 30.1 Å². The van der Waals surface area contributed by atoms with Gasteiger partial charge in [-0.15, -0.1) is 6.58 Å². The number of aliphatic imine (C=N–C) groups is 1. The monoisotopic (exact) mass is 439 g/mol. The fraction of sp³-hybridized carbons (Fsp3) is 0.333. The van der Waals surface area contributed by atoms with Crippen LogP contribution < -0.4 is 20.3 Å². The van der Waals surface area contributed by atoms with Gasteiger partial charge in [-0.05, 0) is 42.0 Å². The summed E-state index contributed by atoms with van der Waals surface area (Å²) in [6, 6.07) is 14.7. The topological polar surface area (TPSA) is 101 Å². The van der Waals surface area contributed by atoms with Gasteiger partial charge in [-0.1, -0.05) is 18.2 Å². The summed E-state index contributed by atoms with van der Waals surface area (Å²) in [4.78, 5) is 18.0. The number of carbonyl (C=O) groups is 1. The quantitative estimate of drug-likeness (QED) is 0.283. The predicted octanol–water partition coefficient (Wildman–Crippen LogP) is 2.54. The van der Waals surface area contributed by atoms with Gasteiger partial charge in [-0.3, -0.25) is 10.2 Å². The van der Waals surface area contributed by atoms with E-state index in [0.717, 1.165) is 11.1 Å². The number of aliphatic hydroxyl groups excluding tert-OH is 1. The zero-order chi connectivity index (χ0) is 23.0. The highest BCUT2D eigenvalue weighted by molar-refractivity contribution is 6.01. The van der Waals surface area contributed by atoms with Gasteiger partial charge in [0.25, 0.3) is 5.91 Å². The lowest BCUT2D eigenvalue weighted by molar-refractivity contribution is -0.129. The Bertz CT molecular complexity index is 960. The van der Waals surface area contributed by atoms with Crippen LogP contribution in [0.15, 0.2) is 66.2 Å². The molecule has 0 saturated heterocycles. The summed E-state index contributed by atoms with van der Waals surface area (Å²) in [5.74, 6) is 1.36. The Labute approximate surface area is 187 Å². The van der Waals surface area contributed by atoms with Gasteiger partial charge in [0.05, 0.1) is 13.7 Å². The molecule has 0 unspecified atom stereocenters. The van der Waals surface area contributed by atoms with E-state index in [1.165, 1.54) is 0 Å². The van der Waals surface area contributed by atoms with E-state index in [1.807, 2.05) is 36.4 Å². The van der Waals surface area contributed by atoms with Crippen molar-refractivity contribution in [2.75, 3.05) is 27.4 Å². The smallest absolute Gasteiger partial charge is 0.266 e. The molecule has 3 N–H and O–H groups in total. The number of hydrogen-bond donors (Lipinski definition) is 3. The van der Waals surface area contributed by atoms with Crippen LogP contribution in [0.5, 0.6) is 11.5 Å². The first kappa shape index (κ1) is 23.3. The zero-order valence-corrected chi connectivity index (χ0v) is 18.3. The molecule has 1 aliphatic rings. The fourth-order valence-electron chi connectivity index (χ4n) is 3.56. The van der Waals surface area contributed by atoms with Crippen molar-refractivity contribution in [2.24, 2.45) is 4.99 Å². The molecule has 2 aromatic rings. The zero-order valence-electron chi connectivity index (χ0n) is 18.3. The third-order valence-electron chi connectivity index (χ3n) is 5.12. The van der Waals surface area contributed by atoms with Crippen LogP contribution in [0, 0.1) is 0 Å². The number of rotatable bonds is 11. The summed E-state index contributed by atoms with van der Waals surface area (Å²) >= 11 is 0. The SMILES string of the molecule is C=CC[C@]1(C(=O)NNC)N=C(c2ccc(OCCCO)cc2)O[C@H]1c1cccc(OC)c1. The number of amides is 1. The second-order valence-corrected chi connectivity index (χ2v) is 7.26. The molecule has 1 amide bonds. The Morgan fingerprint density at radius 2 is 2.06 bits per heavy atom. The van der Waals surface area contributed by atoms with Crippen LogP contribution in [0.3, 0.4) is 0 Å². The number of hydrogen-bond acceptors (Lipinski definition) is 7. The van der Waals surface area contributed by atoms with Crippen molar-refractivity contribution < 1.29 is 24.1 Å². The molecule has 0 fully saturated rings. The average Bonchev–Trinajstić information content (AvgIpc) is 3.21. The Hall–Kier alpha value is -3.36. The van der Waals surface area contributed by atoms with Gasteiger partial charge in [-0.25, -0.2) is 10.4 Å². The summed E-state index contributed by atoms with van der Waals surface area (Å²) in [6.07, 6.45) is 1.81. The summed E-state index contributed by atoms with van der Waals surface area (Å²) in [6.45, 7) is 4.34. The molecular formula is C24H29N3O5. The molecule has 0 aliphatic carbocycles. The third kappa shape index (κ3) is 4.92. The Morgan fingerprint density at radius 1 is 1.28 bits per heavy atom. The van der Waals surface area contributed by atoms with Gasteiger partial charge >= 0.3 is 0 Å². The molecule has 0 spiro atoms. The van der Waals surface area contributed by atoms with Crippen LogP contribution in [0.4, 0.5) is 0 Å². The lowest BCUT2D eigenvalue weighted by atomic mass is 9.84. The van der Waals surface area contributed by atoms with Crippen molar-refractivity contribution in [3.63, 3.8) is 0 Å². The fourth-order valence-corrected chi connectivity index (χ4v) is 3.56. The highest BCUT2D eigenvalue weighted by Gasteiger charge is 2.52. The van der Waals surface area contributed by atoms with E-state index in [-0.39, 0.29) is 18.9 Å². The standard InChI is InChI=1S/C24H29N3O5/c1-4-13-24(23(29)27-25-2)21(18-7-5-8-20(16-18)30-3)32-22(26-24)17-9-11-19(12-10-17)31-15-6-14-28/h4-5,7-12,16,21,25,28H,1,6,13-15H2,2-3H3,(H,27,29)/t21-,24-/m0/s1. The molecular weight excluding hydrogens is 410 g/mol. The molecule has 0 saturated carbocycles. The van der Waals surface area contributed by atoms with Gasteiger partial charge in [0.1, 0.15) is 11.5 Å². The van der Waals surface area contributed by atoms with Gasteiger partial charge in [-0.2, -0.15) is 0 Å². The second-order valence-electron chi connectivity index (χ2n) is 7.26. The van der Waals surface area contributed by atoms with E-state index in [9.17, 15) is 4.79 Å². The Morgan fingerprint density at radius 3 is 2.72 bits per heavy atom. The molecule has 0 aromatic heterocycles. The van der Waals surface area contributed by atoms with Crippen LogP contribution >= 0.6 is 0 Å². The van der Waals surface area contributed by atoms with E-state index in [4.69, 9.17) is 24.3 Å². The molecule has 2 aromatic carbocycles. The number of nitrogens with zero attached hydrogens (tertiary/aromatic N) is 1. The van der Waals surface area contributed by atoms with Gasteiger partial charge in [0.2, 0.25) is 5.90 Å². The second kappa shape index (κ2) is 10.8. The van der Waals surface area contributed by atoms with E-state index >= 15 is 0 Å². The van der Waals surface area contributed by atoms with Crippen molar-refractivity contribution in [1.29, 1.82) is 0 Å². The number of benzene rings is 2.